The van der Waals surface area contributed by atoms with E-state index in [0.717, 1.165) is 17.1 Å². The van der Waals surface area contributed by atoms with E-state index in [0.29, 0.717) is 0 Å². The lowest BCUT2D eigenvalue weighted by Gasteiger charge is -2.35. The summed E-state index contributed by atoms with van der Waals surface area (Å²) in [5, 5.41) is 5.08. The minimum absolute atomic E-state index is 0.0615. The summed E-state index contributed by atoms with van der Waals surface area (Å²) in [5.74, 6) is 0. The van der Waals surface area contributed by atoms with Crippen LogP contribution in [0.15, 0.2) is 249 Å². The Bertz CT molecular complexity index is 3650. The van der Waals surface area contributed by atoms with Crippen molar-refractivity contribution in [3.63, 3.8) is 0 Å². The van der Waals surface area contributed by atoms with Gasteiger partial charge in [0, 0.05) is 22.5 Å². The predicted octanol–water partition coefficient (Wildman–Crippen LogP) is 17.5. The van der Waals surface area contributed by atoms with Crippen molar-refractivity contribution >= 4 is 38.6 Å². The number of nitrogens with zero attached hydrogens (tertiary/aromatic N) is 1. The topological polar surface area (TPSA) is 3.24 Å². The number of hydrogen-bond donors (Lipinski definition) is 0. The van der Waals surface area contributed by atoms with Crippen molar-refractivity contribution in [3.05, 3.63) is 282 Å². The van der Waals surface area contributed by atoms with Gasteiger partial charge in [-0.05, 0) is 142 Å². The lowest BCUT2D eigenvalue weighted by molar-refractivity contribution is 0.660. The van der Waals surface area contributed by atoms with Crippen molar-refractivity contribution in [2.24, 2.45) is 0 Å². The van der Waals surface area contributed by atoms with Crippen LogP contribution in [0.1, 0.15) is 47.2 Å². The van der Waals surface area contributed by atoms with Crippen LogP contribution in [0.4, 0.5) is 17.1 Å². The molecule has 2 aliphatic carbocycles. The smallest absolute Gasteiger partial charge is 0.0714 e. The summed E-state index contributed by atoms with van der Waals surface area (Å²) in [7, 11) is 0. The summed E-state index contributed by atoms with van der Waals surface area (Å²) in [5.41, 5.74) is 20.7. The lowest BCUT2D eigenvalue weighted by atomic mass is 9.67. The zero-order valence-electron chi connectivity index (χ0n) is 37.6. The van der Waals surface area contributed by atoms with Gasteiger partial charge >= 0.3 is 0 Å². The monoisotopic (exact) mass is 853 g/mol. The summed E-state index contributed by atoms with van der Waals surface area (Å²) < 4.78 is 0. The number of benzene rings is 11. The Kier molecular flexibility index (Phi) is 8.85. The van der Waals surface area contributed by atoms with Crippen LogP contribution in [-0.4, -0.2) is 0 Å². The van der Waals surface area contributed by atoms with Gasteiger partial charge in [0.2, 0.25) is 0 Å². The fourth-order valence-corrected chi connectivity index (χ4v) is 11.8. The van der Waals surface area contributed by atoms with Crippen molar-refractivity contribution in [1.82, 2.24) is 0 Å². The molecule has 67 heavy (non-hydrogen) atoms. The average molecular weight is 854 g/mol. The molecule has 2 aliphatic rings. The third kappa shape index (κ3) is 5.94. The highest BCUT2D eigenvalue weighted by atomic mass is 15.1. The van der Waals surface area contributed by atoms with E-state index in [2.05, 4.69) is 267 Å². The molecule has 0 heterocycles. The molecule has 1 heteroatoms. The summed E-state index contributed by atoms with van der Waals surface area (Å²) >= 11 is 0. The van der Waals surface area contributed by atoms with E-state index in [9.17, 15) is 0 Å². The van der Waals surface area contributed by atoms with E-state index in [4.69, 9.17) is 0 Å². The normalized spacial score (nSPS) is 13.8. The van der Waals surface area contributed by atoms with Crippen molar-refractivity contribution < 1.29 is 0 Å². The number of hydrogen-bond acceptors (Lipinski definition) is 1. The molecule has 316 valence electrons. The van der Waals surface area contributed by atoms with E-state index in [1.54, 1.807) is 0 Å². The molecule has 11 aromatic rings. The SMILES string of the molecule is CC1(C)c2ccccc2-c2c(-c3ccc(N(c4ccc(-c5ccc6c(ccc7ccccc76)c5)cc4)c4ccc5c(c4)C(c4ccccc4)(c4ccccc4)c4ccccc4-5)cc3)cccc21. The second kappa shape index (κ2) is 15.2. The molecule has 0 amide bonds. The van der Waals surface area contributed by atoms with Gasteiger partial charge in [0.15, 0.2) is 0 Å². The number of anilines is 3. The Morgan fingerprint density at radius 1 is 0.299 bits per heavy atom. The Morgan fingerprint density at radius 2 is 0.821 bits per heavy atom. The molecule has 0 saturated heterocycles. The second-order valence-electron chi connectivity index (χ2n) is 18.8. The van der Waals surface area contributed by atoms with Crippen LogP contribution in [0.3, 0.4) is 0 Å². The molecule has 0 radical (unpaired) electrons. The van der Waals surface area contributed by atoms with Gasteiger partial charge in [-0.2, -0.15) is 0 Å². The van der Waals surface area contributed by atoms with Gasteiger partial charge in [-0.3, -0.25) is 0 Å². The maximum Gasteiger partial charge on any atom is 0.0714 e. The molecule has 0 aromatic heterocycles. The Morgan fingerprint density at radius 3 is 1.55 bits per heavy atom. The van der Waals surface area contributed by atoms with Crippen LogP contribution < -0.4 is 4.90 Å². The van der Waals surface area contributed by atoms with Gasteiger partial charge in [-0.1, -0.05) is 220 Å². The number of fused-ring (bicyclic) bond motifs is 9. The maximum atomic E-state index is 2.47. The van der Waals surface area contributed by atoms with Crippen molar-refractivity contribution in [2.45, 2.75) is 24.7 Å². The van der Waals surface area contributed by atoms with E-state index in [1.807, 2.05) is 0 Å². The first-order valence-corrected chi connectivity index (χ1v) is 23.5. The van der Waals surface area contributed by atoms with Gasteiger partial charge in [-0.25, -0.2) is 0 Å². The van der Waals surface area contributed by atoms with Crippen LogP contribution in [0.25, 0.3) is 66.1 Å². The fourth-order valence-electron chi connectivity index (χ4n) is 11.8. The van der Waals surface area contributed by atoms with E-state index < -0.39 is 5.41 Å². The second-order valence-corrected chi connectivity index (χ2v) is 18.8. The molecule has 1 nitrogen and oxygen atoms in total. The minimum atomic E-state index is -0.511. The zero-order valence-corrected chi connectivity index (χ0v) is 37.6. The molecule has 0 unspecified atom stereocenters. The molecular formula is C66H47N. The largest absolute Gasteiger partial charge is 0.310 e. The zero-order chi connectivity index (χ0) is 44.7. The molecule has 0 aliphatic heterocycles. The van der Waals surface area contributed by atoms with Gasteiger partial charge in [0.05, 0.1) is 5.41 Å². The van der Waals surface area contributed by atoms with E-state index >= 15 is 0 Å². The molecule has 13 rings (SSSR count). The molecule has 0 fully saturated rings. The highest BCUT2D eigenvalue weighted by Crippen LogP contribution is 2.58. The lowest BCUT2D eigenvalue weighted by Crippen LogP contribution is -2.28. The van der Waals surface area contributed by atoms with Crippen molar-refractivity contribution in [1.29, 1.82) is 0 Å². The molecule has 0 atom stereocenters. The van der Waals surface area contributed by atoms with Gasteiger partial charge in [0.1, 0.15) is 0 Å². The predicted molar refractivity (Wildman–Crippen MR) is 282 cm³/mol. The summed E-state index contributed by atoms with van der Waals surface area (Å²) in [6.07, 6.45) is 0. The fraction of sp³-hybridized carbons (Fsp3) is 0.0606. The third-order valence-electron chi connectivity index (χ3n) is 14.9. The highest BCUT2D eigenvalue weighted by Gasteiger charge is 2.46. The summed E-state index contributed by atoms with van der Waals surface area (Å²) in [4.78, 5) is 2.44. The Balaban J connectivity index is 0.975. The van der Waals surface area contributed by atoms with Crippen LogP contribution in [-0.2, 0) is 10.8 Å². The first-order chi connectivity index (χ1) is 33.0. The van der Waals surface area contributed by atoms with Crippen molar-refractivity contribution in [2.75, 3.05) is 4.90 Å². The first kappa shape index (κ1) is 39.1. The minimum Gasteiger partial charge on any atom is -0.310 e. The van der Waals surface area contributed by atoms with Crippen molar-refractivity contribution in [3.8, 4) is 44.5 Å². The summed E-state index contributed by atoms with van der Waals surface area (Å²) in [6.45, 7) is 4.71. The van der Waals surface area contributed by atoms with E-state index in [1.165, 1.54) is 99.4 Å². The molecule has 0 saturated carbocycles. The maximum absolute atomic E-state index is 2.47. The molecule has 0 bridgehead atoms. The average Bonchev–Trinajstić information content (AvgIpc) is 3.82. The van der Waals surface area contributed by atoms with Gasteiger partial charge < -0.3 is 4.90 Å². The van der Waals surface area contributed by atoms with Crippen LogP contribution >= 0.6 is 0 Å². The van der Waals surface area contributed by atoms with Crippen LogP contribution in [0.5, 0.6) is 0 Å². The number of rotatable bonds is 7. The van der Waals surface area contributed by atoms with Gasteiger partial charge in [-0.15, -0.1) is 0 Å². The molecule has 0 spiro atoms. The Labute approximate surface area is 392 Å². The molecule has 11 aromatic carbocycles. The van der Waals surface area contributed by atoms with Gasteiger partial charge in [0.25, 0.3) is 0 Å². The third-order valence-corrected chi connectivity index (χ3v) is 14.9. The van der Waals surface area contributed by atoms with Crippen LogP contribution in [0.2, 0.25) is 0 Å². The van der Waals surface area contributed by atoms with E-state index in [-0.39, 0.29) is 5.41 Å². The quantitative estimate of drug-likeness (QED) is 0.144. The molecular weight excluding hydrogens is 807 g/mol. The molecule has 0 N–H and O–H groups in total. The first-order valence-electron chi connectivity index (χ1n) is 23.5. The van der Waals surface area contributed by atoms with Crippen LogP contribution in [0, 0.1) is 0 Å². The highest BCUT2D eigenvalue weighted by molar-refractivity contribution is 6.08. The summed E-state index contributed by atoms with van der Waals surface area (Å²) in [6, 6.07) is 92.5. The Hall–Kier alpha value is -8.26. The standard InChI is InChI=1S/C66H47N/c1-65(2)60-25-13-12-23-59(60)64-56(24-15-27-62(64)65)46-32-37-52(38-33-46)67(51-35-30-44(31-36-51)47-34-40-55-48(42-47)29-28-45-16-9-10-21-54(45)55)53-39-41-58-57-22-11-14-26-61(57)66(63(58)43-53,49-17-5-3-6-18-49)50-19-7-4-8-20-50/h3-43H,1-2H3.